The number of aryl methyl sites for hydroxylation is 1. The first-order valence-electron chi connectivity index (χ1n) is 7.60. The number of hydrogen-bond acceptors (Lipinski definition) is 4. The van der Waals surface area contributed by atoms with Gasteiger partial charge in [0.1, 0.15) is 5.75 Å². The molecule has 0 unspecified atom stereocenters. The Morgan fingerprint density at radius 3 is 2.65 bits per heavy atom. The van der Waals surface area contributed by atoms with Crippen molar-refractivity contribution in [2.24, 2.45) is 10.1 Å². The van der Waals surface area contributed by atoms with Crippen molar-refractivity contribution < 1.29 is 13.2 Å². The van der Waals surface area contributed by atoms with Crippen molar-refractivity contribution in [1.82, 2.24) is 10.6 Å². The zero-order chi connectivity index (χ0) is 17.3. The third-order valence-corrected chi connectivity index (χ3v) is 3.73. The van der Waals surface area contributed by atoms with Crippen molar-refractivity contribution in [3.63, 3.8) is 0 Å². The number of rotatable bonds is 8. The molecule has 1 aromatic rings. The van der Waals surface area contributed by atoms with Crippen LogP contribution < -0.4 is 20.5 Å². The van der Waals surface area contributed by atoms with Gasteiger partial charge in [0.05, 0.1) is 18.9 Å². The normalized spacial score (nSPS) is 12.1. The van der Waals surface area contributed by atoms with Crippen LogP contribution in [0.5, 0.6) is 5.75 Å². The number of guanidine groups is 1. The average Bonchev–Trinajstić information content (AvgIpc) is 2.45. The number of ether oxygens (including phenoxy) is 1. The molecule has 0 fully saturated rings. The number of sulfonamides is 1. The molecular formula is C15H26N4O3S. The maximum absolute atomic E-state index is 11.0. The first-order chi connectivity index (χ1) is 10.9. The van der Waals surface area contributed by atoms with Gasteiger partial charge < -0.3 is 15.4 Å². The van der Waals surface area contributed by atoms with E-state index in [9.17, 15) is 8.42 Å². The quantitative estimate of drug-likeness (QED) is 0.477. The fourth-order valence-corrected chi connectivity index (χ4v) is 2.29. The average molecular weight is 342 g/mol. The Balaban J connectivity index is 2.76. The zero-order valence-electron chi connectivity index (χ0n) is 13.9. The first kappa shape index (κ1) is 19.2. The van der Waals surface area contributed by atoms with E-state index in [1.807, 2.05) is 39.0 Å². The Morgan fingerprint density at radius 2 is 2.04 bits per heavy atom. The topological polar surface area (TPSA) is 106 Å². The zero-order valence-corrected chi connectivity index (χ0v) is 14.7. The second-order valence-corrected chi connectivity index (χ2v) is 6.77. The molecular weight excluding hydrogens is 316 g/mol. The van der Waals surface area contributed by atoms with E-state index in [1.165, 1.54) is 0 Å². The molecule has 7 nitrogen and oxygen atoms in total. The van der Waals surface area contributed by atoms with Crippen molar-refractivity contribution in [3.05, 3.63) is 29.3 Å². The lowest BCUT2D eigenvalue weighted by molar-refractivity contribution is 0.336. The Hall–Kier alpha value is -1.80. The van der Waals surface area contributed by atoms with E-state index < -0.39 is 10.0 Å². The standard InChI is InChI=1S/C15H26N4O3S/c1-4-17-15(18-8-9-23(16,20)21)19-11-13-7-6-12(3)10-14(13)22-5-2/h6-7,10H,4-5,8-9,11H2,1-3H3,(H2,16,20,21)(H2,17,18,19). The number of nitrogens with zero attached hydrogens (tertiary/aromatic N) is 1. The number of hydrogen-bond donors (Lipinski definition) is 3. The van der Waals surface area contributed by atoms with Crippen LogP contribution in [0, 0.1) is 6.92 Å². The highest BCUT2D eigenvalue weighted by atomic mass is 32.2. The Bertz CT molecular complexity index is 630. The van der Waals surface area contributed by atoms with Crippen LogP contribution in [0.25, 0.3) is 0 Å². The predicted octanol–water partition coefficient (Wildman–Crippen LogP) is 0.737. The van der Waals surface area contributed by atoms with Gasteiger partial charge in [-0.2, -0.15) is 0 Å². The maximum atomic E-state index is 11.0. The third kappa shape index (κ3) is 7.85. The minimum Gasteiger partial charge on any atom is -0.494 e. The summed E-state index contributed by atoms with van der Waals surface area (Å²) in [5.74, 6) is 1.21. The monoisotopic (exact) mass is 342 g/mol. The molecule has 8 heteroatoms. The summed E-state index contributed by atoms with van der Waals surface area (Å²) in [5, 5.41) is 11.0. The molecule has 0 atom stereocenters. The Morgan fingerprint density at radius 1 is 1.30 bits per heavy atom. The summed E-state index contributed by atoms with van der Waals surface area (Å²) in [7, 11) is -3.49. The van der Waals surface area contributed by atoms with Crippen LogP contribution >= 0.6 is 0 Å². The Labute approximate surface area is 138 Å². The second-order valence-electron chi connectivity index (χ2n) is 5.03. The lowest BCUT2D eigenvalue weighted by atomic mass is 10.1. The molecule has 0 saturated heterocycles. The van der Waals surface area contributed by atoms with Gasteiger partial charge in [0.25, 0.3) is 0 Å². The summed E-state index contributed by atoms with van der Waals surface area (Å²) >= 11 is 0. The molecule has 0 amide bonds. The van der Waals surface area contributed by atoms with Crippen LogP contribution in [0.2, 0.25) is 0 Å². The molecule has 0 saturated carbocycles. The van der Waals surface area contributed by atoms with Crippen molar-refractivity contribution in [1.29, 1.82) is 0 Å². The highest BCUT2D eigenvalue weighted by Gasteiger charge is 2.06. The van der Waals surface area contributed by atoms with Crippen LogP contribution in [0.3, 0.4) is 0 Å². The fraction of sp³-hybridized carbons (Fsp3) is 0.533. The highest BCUT2D eigenvalue weighted by molar-refractivity contribution is 7.89. The van der Waals surface area contributed by atoms with E-state index in [0.717, 1.165) is 16.9 Å². The summed E-state index contributed by atoms with van der Waals surface area (Å²) in [6.07, 6.45) is 0. The summed E-state index contributed by atoms with van der Waals surface area (Å²) in [5.41, 5.74) is 2.10. The maximum Gasteiger partial charge on any atom is 0.210 e. The van der Waals surface area contributed by atoms with E-state index in [2.05, 4.69) is 15.6 Å². The molecule has 0 bridgehead atoms. The van der Waals surface area contributed by atoms with Gasteiger partial charge in [0.2, 0.25) is 10.0 Å². The van der Waals surface area contributed by atoms with Gasteiger partial charge in [0.15, 0.2) is 5.96 Å². The summed E-state index contributed by atoms with van der Waals surface area (Å²) in [6.45, 7) is 7.79. The van der Waals surface area contributed by atoms with Crippen molar-refractivity contribution in [2.75, 3.05) is 25.4 Å². The minimum atomic E-state index is -3.49. The number of benzene rings is 1. The molecule has 23 heavy (non-hydrogen) atoms. The molecule has 130 valence electrons. The number of aliphatic imine (C=N–C) groups is 1. The van der Waals surface area contributed by atoms with E-state index in [4.69, 9.17) is 9.88 Å². The van der Waals surface area contributed by atoms with E-state index in [1.54, 1.807) is 0 Å². The summed E-state index contributed by atoms with van der Waals surface area (Å²) in [4.78, 5) is 4.45. The Kier molecular flexibility index (Phi) is 7.84. The van der Waals surface area contributed by atoms with Crippen molar-refractivity contribution >= 4 is 16.0 Å². The molecule has 0 aliphatic carbocycles. The van der Waals surface area contributed by atoms with E-state index in [0.29, 0.717) is 25.7 Å². The fourth-order valence-electron chi connectivity index (χ4n) is 1.90. The first-order valence-corrected chi connectivity index (χ1v) is 9.32. The van der Waals surface area contributed by atoms with Gasteiger partial charge in [-0.25, -0.2) is 18.5 Å². The smallest absolute Gasteiger partial charge is 0.210 e. The van der Waals surface area contributed by atoms with E-state index in [-0.39, 0.29) is 12.3 Å². The minimum absolute atomic E-state index is 0.147. The van der Waals surface area contributed by atoms with Gasteiger partial charge in [-0.3, -0.25) is 0 Å². The second kappa shape index (κ2) is 9.36. The van der Waals surface area contributed by atoms with Gasteiger partial charge in [-0.15, -0.1) is 0 Å². The molecule has 1 rings (SSSR count). The molecule has 0 spiro atoms. The van der Waals surface area contributed by atoms with Crippen LogP contribution in [0.4, 0.5) is 0 Å². The lowest BCUT2D eigenvalue weighted by Gasteiger charge is -2.12. The van der Waals surface area contributed by atoms with Crippen LogP contribution in [-0.4, -0.2) is 39.8 Å². The van der Waals surface area contributed by atoms with Gasteiger partial charge in [-0.05, 0) is 32.4 Å². The largest absolute Gasteiger partial charge is 0.494 e. The van der Waals surface area contributed by atoms with Gasteiger partial charge >= 0.3 is 0 Å². The molecule has 1 aromatic carbocycles. The lowest BCUT2D eigenvalue weighted by Crippen LogP contribution is -2.40. The van der Waals surface area contributed by atoms with Crippen LogP contribution in [0.1, 0.15) is 25.0 Å². The van der Waals surface area contributed by atoms with Gasteiger partial charge in [-0.1, -0.05) is 12.1 Å². The molecule has 4 N–H and O–H groups in total. The van der Waals surface area contributed by atoms with Crippen LogP contribution in [-0.2, 0) is 16.6 Å². The summed E-state index contributed by atoms with van der Waals surface area (Å²) in [6, 6.07) is 5.97. The van der Waals surface area contributed by atoms with E-state index >= 15 is 0 Å². The third-order valence-electron chi connectivity index (χ3n) is 2.95. The SMILES string of the molecule is CCNC(=NCc1ccc(C)cc1OCC)NCCS(N)(=O)=O. The number of nitrogens with one attached hydrogen (secondary N) is 2. The number of primary sulfonamides is 1. The van der Waals surface area contributed by atoms with Crippen LogP contribution in [0.15, 0.2) is 23.2 Å². The predicted molar refractivity (Wildman–Crippen MR) is 93.1 cm³/mol. The molecule has 0 aliphatic rings. The van der Waals surface area contributed by atoms with Gasteiger partial charge in [0, 0.05) is 18.7 Å². The molecule has 0 aromatic heterocycles. The highest BCUT2D eigenvalue weighted by Crippen LogP contribution is 2.21. The molecule has 0 radical (unpaired) electrons. The molecule has 0 aliphatic heterocycles. The molecule has 0 heterocycles. The number of nitrogens with two attached hydrogens (primary N) is 1. The summed E-state index contributed by atoms with van der Waals surface area (Å²) < 4.78 is 27.5. The van der Waals surface area contributed by atoms with Crippen molar-refractivity contribution in [3.8, 4) is 5.75 Å². The van der Waals surface area contributed by atoms with Crippen molar-refractivity contribution in [2.45, 2.75) is 27.3 Å².